The van der Waals surface area contributed by atoms with Gasteiger partial charge in [-0.25, -0.2) is 0 Å². The maximum atomic E-state index is 12.8. The summed E-state index contributed by atoms with van der Waals surface area (Å²) in [6, 6.07) is 4.41. The van der Waals surface area contributed by atoms with E-state index in [9.17, 15) is 13.2 Å². The van der Waals surface area contributed by atoms with E-state index < -0.39 is 11.7 Å². The van der Waals surface area contributed by atoms with Crippen molar-refractivity contribution >= 4 is 5.69 Å². The van der Waals surface area contributed by atoms with E-state index in [0.29, 0.717) is 17.5 Å². The van der Waals surface area contributed by atoms with Crippen LogP contribution in [0.3, 0.4) is 0 Å². The molecule has 0 bridgehead atoms. The van der Waals surface area contributed by atoms with Crippen molar-refractivity contribution in [1.29, 1.82) is 0 Å². The molecule has 0 aliphatic heterocycles. The predicted octanol–water partition coefficient (Wildman–Crippen LogP) is 4.18. The minimum absolute atomic E-state index is 0.129. The average Bonchev–Trinajstić information content (AvgIpc) is 3.22. The second kappa shape index (κ2) is 6.26. The van der Waals surface area contributed by atoms with Crippen molar-refractivity contribution in [3.63, 3.8) is 0 Å². The highest BCUT2D eigenvalue weighted by Gasteiger charge is 2.33. The van der Waals surface area contributed by atoms with Crippen molar-refractivity contribution in [2.75, 3.05) is 11.4 Å². The summed E-state index contributed by atoms with van der Waals surface area (Å²) in [5, 5.41) is 0. The molecule has 1 aromatic rings. The summed E-state index contributed by atoms with van der Waals surface area (Å²) in [5.74, 6) is 0.571. The maximum Gasteiger partial charge on any atom is 0.416 e. The molecule has 21 heavy (non-hydrogen) atoms. The van der Waals surface area contributed by atoms with Gasteiger partial charge < -0.3 is 10.6 Å². The minimum atomic E-state index is -4.31. The third kappa shape index (κ3) is 4.13. The summed E-state index contributed by atoms with van der Waals surface area (Å²) < 4.78 is 38.4. The Balaban J connectivity index is 2.27. The van der Waals surface area contributed by atoms with Gasteiger partial charge in [-0.1, -0.05) is 13.8 Å². The first kappa shape index (κ1) is 16.1. The summed E-state index contributed by atoms with van der Waals surface area (Å²) in [6.45, 7) is 5.31. The molecule has 0 unspecified atom stereocenters. The second-order valence-electron chi connectivity index (χ2n) is 6.15. The molecule has 2 rings (SSSR count). The van der Waals surface area contributed by atoms with Gasteiger partial charge >= 0.3 is 6.18 Å². The first-order chi connectivity index (χ1) is 9.82. The highest BCUT2D eigenvalue weighted by molar-refractivity contribution is 5.57. The molecule has 1 fully saturated rings. The fraction of sp³-hybridized carbons (Fsp3) is 0.625. The van der Waals surface area contributed by atoms with Crippen molar-refractivity contribution in [3.05, 3.63) is 29.3 Å². The molecule has 1 aliphatic carbocycles. The molecule has 1 saturated carbocycles. The Labute approximate surface area is 124 Å². The van der Waals surface area contributed by atoms with Crippen LogP contribution in [0.1, 0.15) is 44.2 Å². The summed E-state index contributed by atoms with van der Waals surface area (Å²) >= 11 is 0. The lowest BCUT2D eigenvalue weighted by Crippen LogP contribution is -2.29. The largest absolute Gasteiger partial charge is 0.416 e. The van der Waals surface area contributed by atoms with Gasteiger partial charge in [0.15, 0.2) is 0 Å². The van der Waals surface area contributed by atoms with Crippen LogP contribution in [0.25, 0.3) is 0 Å². The van der Waals surface area contributed by atoms with E-state index >= 15 is 0 Å². The van der Waals surface area contributed by atoms with E-state index in [1.807, 2.05) is 0 Å². The molecule has 1 aliphatic rings. The Morgan fingerprint density at radius 3 is 2.43 bits per heavy atom. The van der Waals surface area contributed by atoms with Crippen molar-refractivity contribution in [2.24, 2.45) is 11.7 Å². The molecular formula is C16H23F3N2. The Morgan fingerprint density at radius 2 is 1.95 bits per heavy atom. The lowest BCUT2D eigenvalue weighted by atomic mass is 10.1. The Morgan fingerprint density at radius 1 is 1.29 bits per heavy atom. The molecule has 0 saturated heterocycles. The van der Waals surface area contributed by atoms with Gasteiger partial charge in [-0.2, -0.15) is 13.2 Å². The van der Waals surface area contributed by atoms with Gasteiger partial charge in [-0.05, 0) is 48.9 Å². The lowest BCUT2D eigenvalue weighted by molar-refractivity contribution is -0.137. The normalized spacial score (nSPS) is 15.6. The second-order valence-corrected chi connectivity index (χ2v) is 6.15. The molecular weight excluding hydrogens is 277 g/mol. The number of hydrogen-bond acceptors (Lipinski definition) is 2. The highest BCUT2D eigenvalue weighted by atomic mass is 19.4. The number of halogens is 3. The monoisotopic (exact) mass is 300 g/mol. The summed E-state index contributed by atoms with van der Waals surface area (Å²) in [6.07, 6.45) is -1.06. The Hall–Kier alpha value is -1.23. The topological polar surface area (TPSA) is 29.3 Å². The molecule has 0 amide bonds. The molecule has 0 radical (unpaired) electrons. The predicted molar refractivity (Wildman–Crippen MR) is 79.2 cm³/mol. The molecule has 0 heterocycles. The number of nitrogens with two attached hydrogens (primary N) is 1. The van der Waals surface area contributed by atoms with Crippen LogP contribution in [0.5, 0.6) is 0 Å². The molecule has 0 aromatic heterocycles. The summed E-state index contributed by atoms with van der Waals surface area (Å²) in [7, 11) is 0. The van der Waals surface area contributed by atoms with Crippen molar-refractivity contribution in [3.8, 4) is 0 Å². The van der Waals surface area contributed by atoms with E-state index in [4.69, 9.17) is 5.73 Å². The van der Waals surface area contributed by atoms with Crippen LogP contribution in [0, 0.1) is 5.92 Å². The lowest BCUT2D eigenvalue weighted by Gasteiger charge is -2.28. The van der Waals surface area contributed by atoms with Crippen molar-refractivity contribution in [2.45, 2.75) is 51.9 Å². The van der Waals surface area contributed by atoms with E-state index in [2.05, 4.69) is 18.7 Å². The van der Waals surface area contributed by atoms with Gasteiger partial charge in [0.1, 0.15) is 0 Å². The first-order valence-corrected chi connectivity index (χ1v) is 7.49. The van der Waals surface area contributed by atoms with Crippen LogP contribution in [0.4, 0.5) is 18.9 Å². The van der Waals surface area contributed by atoms with Crippen LogP contribution in [0.2, 0.25) is 0 Å². The Kier molecular flexibility index (Phi) is 4.81. The SMILES string of the molecule is CC(C)CCN(c1ccc(C(F)(F)F)cc1CN)C1CC1. The maximum absolute atomic E-state index is 12.8. The Bertz CT molecular complexity index is 479. The third-order valence-electron chi connectivity index (χ3n) is 3.87. The van der Waals surface area contributed by atoms with E-state index in [1.165, 1.54) is 12.1 Å². The zero-order valence-corrected chi connectivity index (χ0v) is 12.6. The molecule has 1 aromatic carbocycles. The fourth-order valence-electron chi connectivity index (χ4n) is 2.49. The van der Waals surface area contributed by atoms with Crippen molar-refractivity contribution in [1.82, 2.24) is 0 Å². The van der Waals surface area contributed by atoms with Crippen LogP contribution >= 0.6 is 0 Å². The fourth-order valence-corrected chi connectivity index (χ4v) is 2.49. The van der Waals surface area contributed by atoms with E-state index in [-0.39, 0.29) is 6.54 Å². The molecule has 0 spiro atoms. The number of hydrogen-bond donors (Lipinski definition) is 1. The number of anilines is 1. The van der Waals surface area contributed by atoms with Gasteiger partial charge in [0.2, 0.25) is 0 Å². The molecule has 5 heteroatoms. The van der Waals surface area contributed by atoms with Crippen LogP contribution in [-0.2, 0) is 12.7 Å². The average molecular weight is 300 g/mol. The minimum Gasteiger partial charge on any atom is -0.368 e. The van der Waals surface area contributed by atoms with Gasteiger partial charge in [0.05, 0.1) is 5.56 Å². The van der Waals surface area contributed by atoms with Crippen molar-refractivity contribution < 1.29 is 13.2 Å². The van der Waals surface area contributed by atoms with E-state index in [1.54, 1.807) is 6.07 Å². The standard InChI is InChI=1S/C16H23F3N2/c1-11(2)7-8-21(14-4-5-14)15-6-3-13(16(17,18)19)9-12(15)10-20/h3,6,9,11,14H,4-5,7-8,10,20H2,1-2H3. The quantitative estimate of drug-likeness (QED) is 0.854. The van der Waals surface area contributed by atoms with E-state index in [0.717, 1.165) is 31.5 Å². The smallest absolute Gasteiger partial charge is 0.368 e. The first-order valence-electron chi connectivity index (χ1n) is 7.49. The molecule has 2 N–H and O–H groups in total. The number of benzene rings is 1. The van der Waals surface area contributed by atoms with Gasteiger partial charge in [-0.15, -0.1) is 0 Å². The van der Waals surface area contributed by atoms with Gasteiger partial charge in [0.25, 0.3) is 0 Å². The summed E-state index contributed by atoms with van der Waals surface area (Å²) in [5.41, 5.74) is 6.52. The zero-order valence-electron chi connectivity index (χ0n) is 12.6. The zero-order chi connectivity index (χ0) is 15.6. The van der Waals surface area contributed by atoms with Crippen LogP contribution in [-0.4, -0.2) is 12.6 Å². The molecule has 0 atom stereocenters. The van der Waals surface area contributed by atoms with Gasteiger partial charge in [-0.3, -0.25) is 0 Å². The number of alkyl halides is 3. The van der Waals surface area contributed by atoms with Gasteiger partial charge in [0, 0.05) is 24.8 Å². The van der Waals surface area contributed by atoms with Crippen LogP contribution < -0.4 is 10.6 Å². The summed E-state index contributed by atoms with van der Waals surface area (Å²) in [4.78, 5) is 2.24. The number of rotatable bonds is 6. The van der Waals surface area contributed by atoms with Crippen LogP contribution in [0.15, 0.2) is 18.2 Å². The third-order valence-corrected chi connectivity index (χ3v) is 3.87. The number of nitrogens with zero attached hydrogens (tertiary/aromatic N) is 1. The molecule has 2 nitrogen and oxygen atoms in total. The highest BCUT2D eigenvalue weighted by Crippen LogP contribution is 2.37. The molecule has 118 valence electrons.